The molecule has 0 radical (unpaired) electrons. The van der Waals surface area contributed by atoms with Crippen LogP contribution in [0.1, 0.15) is 31.0 Å². The normalized spacial score (nSPS) is 12.8. The monoisotopic (exact) mass is 281 g/mol. The molecular weight excluding hydrogens is 262 g/mol. The lowest BCUT2D eigenvalue weighted by molar-refractivity contribution is 0.239. The van der Waals surface area contributed by atoms with Crippen molar-refractivity contribution in [1.29, 1.82) is 0 Å². The molecule has 0 amide bonds. The van der Waals surface area contributed by atoms with Gasteiger partial charge >= 0.3 is 0 Å². The molecule has 0 fully saturated rings. The molecule has 0 aliphatic carbocycles. The second-order valence-corrected chi connectivity index (χ2v) is 5.31. The topological polar surface area (TPSA) is 52.5 Å². The highest BCUT2D eigenvalue weighted by Gasteiger charge is 2.18. The van der Waals surface area contributed by atoms with E-state index < -0.39 is 0 Å². The van der Waals surface area contributed by atoms with Crippen LogP contribution in [-0.2, 0) is 0 Å². The standard InChI is InChI=1S/C17H19N3O/c1-12(2)21-16-9-4-3-7-13(16)17(18)14-11-19-20-10-6-5-8-15(14)20/h3-12,17H,18H2,1-2H3. The number of hydrogen-bond donors (Lipinski definition) is 1. The van der Waals surface area contributed by atoms with Crippen LogP contribution in [0.15, 0.2) is 54.9 Å². The fourth-order valence-corrected chi connectivity index (χ4v) is 2.46. The molecule has 1 unspecified atom stereocenters. The predicted octanol–water partition coefficient (Wildman–Crippen LogP) is 3.17. The molecule has 3 rings (SSSR count). The van der Waals surface area contributed by atoms with Crippen molar-refractivity contribution in [3.8, 4) is 5.75 Å². The summed E-state index contributed by atoms with van der Waals surface area (Å²) in [5, 5.41) is 4.35. The van der Waals surface area contributed by atoms with Gasteiger partial charge in [0.25, 0.3) is 0 Å². The first-order valence-corrected chi connectivity index (χ1v) is 7.10. The van der Waals surface area contributed by atoms with Crippen molar-refractivity contribution in [1.82, 2.24) is 9.61 Å². The third-order valence-electron chi connectivity index (χ3n) is 3.41. The molecule has 0 aliphatic heterocycles. The Morgan fingerprint density at radius 2 is 1.81 bits per heavy atom. The first kappa shape index (κ1) is 13.6. The minimum atomic E-state index is -0.264. The molecule has 1 atom stereocenters. The lowest BCUT2D eigenvalue weighted by atomic mass is 10.00. The second kappa shape index (κ2) is 5.58. The van der Waals surface area contributed by atoms with E-state index in [1.165, 1.54) is 0 Å². The second-order valence-electron chi connectivity index (χ2n) is 5.31. The van der Waals surface area contributed by atoms with Crippen molar-refractivity contribution in [2.45, 2.75) is 26.0 Å². The fraction of sp³-hybridized carbons (Fsp3) is 0.235. The van der Waals surface area contributed by atoms with Crippen LogP contribution in [-0.4, -0.2) is 15.7 Å². The first-order chi connectivity index (χ1) is 10.2. The molecule has 108 valence electrons. The number of rotatable bonds is 4. The predicted molar refractivity (Wildman–Crippen MR) is 83.4 cm³/mol. The molecule has 0 saturated heterocycles. The van der Waals surface area contributed by atoms with Gasteiger partial charge in [0.1, 0.15) is 5.75 Å². The molecule has 3 aromatic rings. The van der Waals surface area contributed by atoms with Crippen molar-refractivity contribution in [2.75, 3.05) is 0 Å². The van der Waals surface area contributed by atoms with Gasteiger partial charge < -0.3 is 10.5 Å². The Bertz CT molecular complexity index is 748. The van der Waals surface area contributed by atoms with Crippen LogP contribution < -0.4 is 10.5 Å². The average Bonchev–Trinajstić information content (AvgIpc) is 2.90. The third-order valence-corrected chi connectivity index (χ3v) is 3.41. The van der Waals surface area contributed by atoms with Gasteiger partial charge in [-0.25, -0.2) is 4.52 Å². The highest BCUT2D eigenvalue weighted by Crippen LogP contribution is 2.30. The summed E-state index contributed by atoms with van der Waals surface area (Å²) < 4.78 is 7.70. The van der Waals surface area contributed by atoms with E-state index in [-0.39, 0.29) is 12.1 Å². The lowest BCUT2D eigenvalue weighted by Gasteiger charge is -2.18. The Morgan fingerprint density at radius 3 is 2.62 bits per heavy atom. The molecular formula is C17H19N3O. The molecule has 0 saturated carbocycles. The van der Waals surface area contributed by atoms with Gasteiger partial charge in [-0.1, -0.05) is 24.3 Å². The molecule has 2 heterocycles. The van der Waals surface area contributed by atoms with E-state index in [1.54, 1.807) is 0 Å². The number of hydrogen-bond acceptors (Lipinski definition) is 3. The van der Waals surface area contributed by atoms with Crippen LogP contribution in [0.25, 0.3) is 5.52 Å². The SMILES string of the molecule is CC(C)Oc1ccccc1C(N)c1cnn2ccccc12. The Hall–Kier alpha value is -2.33. The van der Waals surface area contributed by atoms with E-state index in [0.717, 1.165) is 22.4 Å². The Morgan fingerprint density at radius 1 is 1.05 bits per heavy atom. The Kier molecular flexibility index (Phi) is 3.62. The zero-order chi connectivity index (χ0) is 14.8. The van der Waals surface area contributed by atoms with Gasteiger partial charge in [0.05, 0.1) is 23.9 Å². The van der Waals surface area contributed by atoms with E-state index in [0.29, 0.717) is 0 Å². The van der Waals surface area contributed by atoms with Crippen molar-refractivity contribution >= 4 is 5.52 Å². The quantitative estimate of drug-likeness (QED) is 0.799. The number of fused-ring (bicyclic) bond motifs is 1. The first-order valence-electron chi connectivity index (χ1n) is 7.10. The highest BCUT2D eigenvalue weighted by molar-refractivity contribution is 5.58. The van der Waals surface area contributed by atoms with Gasteiger partial charge in [-0.15, -0.1) is 0 Å². The average molecular weight is 281 g/mol. The largest absolute Gasteiger partial charge is 0.491 e. The van der Waals surface area contributed by atoms with Gasteiger partial charge in [0.15, 0.2) is 0 Å². The van der Waals surface area contributed by atoms with Crippen LogP contribution in [0.5, 0.6) is 5.75 Å². The minimum Gasteiger partial charge on any atom is -0.491 e. The Balaban J connectivity index is 2.04. The van der Waals surface area contributed by atoms with Crippen LogP contribution in [0.3, 0.4) is 0 Å². The zero-order valence-electron chi connectivity index (χ0n) is 12.2. The van der Waals surface area contributed by atoms with E-state index in [1.807, 2.05) is 73.2 Å². The van der Waals surface area contributed by atoms with Gasteiger partial charge in [-0.05, 0) is 32.0 Å². The number of nitrogens with zero attached hydrogens (tertiary/aromatic N) is 2. The number of pyridine rings is 1. The van der Waals surface area contributed by atoms with Crippen molar-refractivity contribution < 1.29 is 4.74 Å². The van der Waals surface area contributed by atoms with E-state index >= 15 is 0 Å². The van der Waals surface area contributed by atoms with Gasteiger partial charge in [-0.3, -0.25) is 0 Å². The number of nitrogens with two attached hydrogens (primary N) is 1. The van der Waals surface area contributed by atoms with Crippen LogP contribution >= 0.6 is 0 Å². The summed E-state index contributed by atoms with van der Waals surface area (Å²) >= 11 is 0. The van der Waals surface area contributed by atoms with Gasteiger partial charge in [0, 0.05) is 17.3 Å². The van der Waals surface area contributed by atoms with E-state index in [4.69, 9.17) is 10.5 Å². The summed E-state index contributed by atoms with van der Waals surface area (Å²) in [5.74, 6) is 0.829. The molecule has 1 aromatic carbocycles. The van der Waals surface area contributed by atoms with Crippen molar-refractivity contribution in [2.24, 2.45) is 5.73 Å². The summed E-state index contributed by atoms with van der Waals surface area (Å²) in [5.41, 5.74) is 9.46. The molecule has 2 aromatic heterocycles. The molecule has 4 nitrogen and oxygen atoms in total. The summed E-state index contributed by atoms with van der Waals surface area (Å²) in [6.07, 6.45) is 3.86. The lowest BCUT2D eigenvalue weighted by Crippen LogP contribution is -2.15. The maximum absolute atomic E-state index is 6.47. The van der Waals surface area contributed by atoms with Crippen LogP contribution in [0.4, 0.5) is 0 Å². The molecule has 0 bridgehead atoms. The molecule has 2 N–H and O–H groups in total. The van der Waals surface area contributed by atoms with Gasteiger partial charge in [0.2, 0.25) is 0 Å². The zero-order valence-corrected chi connectivity index (χ0v) is 12.2. The van der Waals surface area contributed by atoms with Crippen LogP contribution in [0.2, 0.25) is 0 Å². The van der Waals surface area contributed by atoms with Crippen LogP contribution in [0, 0.1) is 0 Å². The van der Waals surface area contributed by atoms with E-state index in [2.05, 4.69) is 5.10 Å². The summed E-state index contributed by atoms with van der Waals surface area (Å²) in [7, 11) is 0. The number of aromatic nitrogens is 2. The third kappa shape index (κ3) is 2.62. The number of benzene rings is 1. The molecule has 4 heteroatoms. The maximum Gasteiger partial charge on any atom is 0.124 e. The fourth-order valence-electron chi connectivity index (χ4n) is 2.46. The molecule has 0 aliphatic rings. The summed E-state index contributed by atoms with van der Waals surface area (Å²) in [4.78, 5) is 0. The number of para-hydroxylation sites is 1. The van der Waals surface area contributed by atoms with Crippen molar-refractivity contribution in [3.05, 3.63) is 66.0 Å². The smallest absolute Gasteiger partial charge is 0.124 e. The molecule has 21 heavy (non-hydrogen) atoms. The number of ether oxygens (including phenoxy) is 1. The summed E-state index contributed by atoms with van der Waals surface area (Å²) in [6, 6.07) is 13.6. The van der Waals surface area contributed by atoms with Crippen molar-refractivity contribution in [3.63, 3.8) is 0 Å². The Labute approximate surface area is 124 Å². The highest BCUT2D eigenvalue weighted by atomic mass is 16.5. The van der Waals surface area contributed by atoms with Gasteiger partial charge in [-0.2, -0.15) is 5.10 Å². The van der Waals surface area contributed by atoms with E-state index in [9.17, 15) is 0 Å². The maximum atomic E-state index is 6.47. The molecule has 0 spiro atoms. The summed E-state index contributed by atoms with van der Waals surface area (Å²) in [6.45, 7) is 4.02. The minimum absolute atomic E-state index is 0.113.